The Morgan fingerprint density at radius 1 is 0.722 bits per heavy atom. The van der Waals surface area contributed by atoms with Crippen molar-refractivity contribution in [1.29, 1.82) is 0 Å². The molecule has 8 nitrogen and oxygen atoms in total. The van der Waals surface area contributed by atoms with Crippen LogP contribution in [0.3, 0.4) is 0 Å². The average Bonchev–Trinajstić information content (AvgIpc) is 2.84. The van der Waals surface area contributed by atoms with Crippen LogP contribution in [0.1, 0.15) is 129 Å². The SMILES string of the molecule is CCCCCCCCCCCCCCCCCCCCOC[C@H](COP(=O)(O)OCCN)OC(C)=O. The summed E-state index contributed by atoms with van der Waals surface area (Å²) in [5.41, 5.74) is 5.24. The molecule has 0 rings (SSSR count). The summed E-state index contributed by atoms with van der Waals surface area (Å²) in [4.78, 5) is 20.8. The Balaban J connectivity index is 3.52. The molecule has 0 aromatic carbocycles. The van der Waals surface area contributed by atoms with E-state index in [0.29, 0.717) is 6.61 Å². The molecule has 36 heavy (non-hydrogen) atoms. The number of rotatable bonds is 28. The predicted molar refractivity (Wildman–Crippen MR) is 146 cm³/mol. The molecule has 0 amide bonds. The highest BCUT2D eigenvalue weighted by Gasteiger charge is 2.24. The number of carbonyl (C=O) groups excluding carboxylic acids is 1. The molecule has 216 valence electrons. The maximum absolute atomic E-state index is 11.7. The van der Waals surface area contributed by atoms with Gasteiger partial charge in [0.15, 0.2) is 0 Å². The van der Waals surface area contributed by atoms with Gasteiger partial charge in [0.2, 0.25) is 0 Å². The summed E-state index contributed by atoms with van der Waals surface area (Å²) in [6.07, 6.45) is 23.2. The van der Waals surface area contributed by atoms with Crippen molar-refractivity contribution in [3.63, 3.8) is 0 Å². The second kappa shape index (κ2) is 26.1. The van der Waals surface area contributed by atoms with Gasteiger partial charge in [0.25, 0.3) is 0 Å². The van der Waals surface area contributed by atoms with Crippen LogP contribution >= 0.6 is 7.82 Å². The molecule has 0 aromatic rings. The molecule has 0 heterocycles. The molecule has 0 aromatic heterocycles. The van der Waals surface area contributed by atoms with Crippen molar-refractivity contribution in [2.45, 2.75) is 136 Å². The highest BCUT2D eigenvalue weighted by molar-refractivity contribution is 7.47. The number of phosphoric acid groups is 1. The van der Waals surface area contributed by atoms with Crippen molar-refractivity contribution < 1.29 is 32.8 Å². The average molecular weight is 538 g/mol. The fraction of sp³-hybridized carbons (Fsp3) is 0.963. The standard InChI is InChI=1S/C27H56NO7P/c1-3-4-5-6-7-8-9-10-11-12-13-14-15-16-17-18-19-20-22-32-24-27(35-26(2)29)25-34-36(30,31)33-23-21-28/h27H,3-25,28H2,1-2H3,(H,30,31)/t27-/m1/s1. The first-order valence-electron chi connectivity index (χ1n) is 14.5. The minimum Gasteiger partial charge on any atom is -0.458 e. The highest BCUT2D eigenvalue weighted by atomic mass is 31.2. The molecule has 1 unspecified atom stereocenters. The van der Waals surface area contributed by atoms with Gasteiger partial charge in [-0.3, -0.25) is 13.8 Å². The van der Waals surface area contributed by atoms with E-state index in [4.69, 9.17) is 19.7 Å². The van der Waals surface area contributed by atoms with Gasteiger partial charge in [-0.1, -0.05) is 116 Å². The normalized spacial score (nSPS) is 14.0. The Morgan fingerprint density at radius 3 is 1.58 bits per heavy atom. The van der Waals surface area contributed by atoms with Crippen molar-refractivity contribution >= 4 is 13.8 Å². The number of phosphoric ester groups is 1. The molecule has 0 radical (unpaired) electrons. The molecule has 0 saturated carbocycles. The number of hydrogen-bond donors (Lipinski definition) is 2. The zero-order chi connectivity index (χ0) is 26.7. The zero-order valence-electron chi connectivity index (χ0n) is 23.3. The Labute approximate surface area is 221 Å². The van der Waals surface area contributed by atoms with Crippen LogP contribution in [0.25, 0.3) is 0 Å². The predicted octanol–water partition coefficient (Wildman–Crippen LogP) is 7.07. The van der Waals surface area contributed by atoms with E-state index >= 15 is 0 Å². The summed E-state index contributed by atoms with van der Waals surface area (Å²) in [5, 5.41) is 0. The molecule has 0 aliphatic rings. The van der Waals surface area contributed by atoms with Crippen molar-refractivity contribution in [2.75, 3.05) is 33.0 Å². The fourth-order valence-corrected chi connectivity index (χ4v) is 4.82. The van der Waals surface area contributed by atoms with Crippen LogP contribution in [-0.4, -0.2) is 49.9 Å². The van der Waals surface area contributed by atoms with Crippen LogP contribution in [0.5, 0.6) is 0 Å². The summed E-state index contributed by atoms with van der Waals surface area (Å²) in [6.45, 7) is 3.93. The second-order valence-electron chi connectivity index (χ2n) is 9.70. The topological polar surface area (TPSA) is 117 Å². The smallest absolute Gasteiger partial charge is 0.458 e. The minimum atomic E-state index is -4.21. The Bertz CT molecular complexity index is 536. The van der Waals surface area contributed by atoms with Crippen molar-refractivity contribution in [2.24, 2.45) is 5.73 Å². The van der Waals surface area contributed by atoms with Gasteiger partial charge in [-0.05, 0) is 6.42 Å². The van der Waals surface area contributed by atoms with Gasteiger partial charge in [-0.15, -0.1) is 0 Å². The molecule has 0 aliphatic carbocycles. The quantitative estimate of drug-likeness (QED) is 0.0618. The molecule has 0 bridgehead atoms. The summed E-state index contributed by atoms with van der Waals surface area (Å²) in [6, 6.07) is 0. The van der Waals surface area contributed by atoms with Gasteiger partial charge in [0, 0.05) is 20.1 Å². The number of hydrogen-bond acceptors (Lipinski definition) is 7. The van der Waals surface area contributed by atoms with Crippen molar-refractivity contribution in [3.05, 3.63) is 0 Å². The lowest BCUT2D eigenvalue weighted by Crippen LogP contribution is -2.27. The number of unbranched alkanes of at least 4 members (excludes halogenated alkanes) is 17. The summed E-state index contributed by atoms with van der Waals surface area (Å²) in [5.74, 6) is -0.504. The van der Waals surface area contributed by atoms with E-state index in [1.165, 1.54) is 110 Å². The number of ether oxygens (including phenoxy) is 2. The van der Waals surface area contributed by atoms with Crippen molar-refractivity contribution in [1.82, 2.24) is 0 Å². The van der Waals surface area contributed by atoms with E-state index in [0.717, 1.165) is 12.8 Å². The van der Waals surface area contributed by atoms with E-state index < -0.39 is 19.9 Å². The number of esters is 1. The Hall–Kier alpha value is -0.500. The van der Waals surface area contributed by atoms with Crippen LogP contribution < -0.4 is 5.73 Å². The molecule has 3 N–H and O–H groups in total. The molecule has 0 spiro atoms. The van der Waals surface area contributed by atoms with Crippen LogP contribution in [0.15, 0.2) is 0 Å². The van der Waals surface area contributed by atoms with Crippen molar-refractivity contribution in [3.8, 4) is 0 Å². The second-order valence-corrected chi connectivity index (χ2v) is 11.2. The fourth-order valence-electron chi connectivity index (χ4n) is 4.05. The molecule has 9 heteroatoms. The molecule has 0 fully saturated rings. The number of nitrogens with two attached hydrogens (primary N) is 1. The van der Waals surface area contributed by atoms with E-state index in [-0.39, 0.29) is 26.4 Å². The first-order chi connectivity index (χ1) is 17.4. The van der Waals surface area contributed by atoms with Gasteiger partial charge >= 0.3 is 13.8 Å². The zero-order valence-corrected chi connectivity index (χ0v) is 24.2. The molecule has 0 saturated heterocycles. The van der Waals surface area contributed by atoms with Crippen LogP contribution in [0.4, 0.5) is 0 Å². The van der Waals surface area contributed by atoms with E-state index in [1.807, 2.05) is 0 Å². The van der Waals surface area contributed by atoms with Gasteiger partial charge in [0.1, 0.15) is 6.10 Å². The number of carbonyl (C=O) groups is 1. The van der Waals surface area contributed by atoms with Gasteiger partial charge in [0.05, 0.1) is 19.8 Å². The van der Waals surface area contributed by atoms with Gasteiger partial charge in [-0.2, -0.15) is 0 Å². The summed E-state index contributed by atoms with van der Waals surface area (Å²) in [7, 11) is -4.21. The largest absolute Gasteiger partial charge is 0.472 e. The maximum Gasteiger partial charge on any atom is 0.472 e. The van der Waals surface area contributed by atoms with Crippen LogP contribution in [0.2, 0.25) is 0 Å². The maximum atomic E-state index is 11.7. The third kappa shape index (κ3) is 26.6. The lowest BCUT2D eigenvalue weighted by molar-refractivity contribution is -0.151. The minimum absolute atomic E-state index is 0.0954. The molecular formula is C27H56NO7P. The van der Waals surface area contributed by atoms with Crippen LogP contribution in [0, 0.1) is 0 Å². The lowest BCUT2D eigenvalue weighted by Gasteiger charge is -2.19. The highest BCUT2D eigenvalue weighted by Crippen LogP contribution is 2.43. The Morgan fingerprint density at radius 2 is 1.17 bits per heavy atom. The monoisotopic (exact) mass is 537 g/mol. The third-order valence-corrected chi connectivity index (χ3v) is 7.06. The third-order valence-electron chi connectivity index (χ3n) is 6.07. The lowest BCUT2D eigenvalue weighted by atomic mass is 10.0. The Kier molecular flexibility index (Phi) is 25.8. The molecular weight excluding hydrogens is 481 g/mol. The first kappa shape index (κ1) is 35.5. The van der Waals surface area contributed by atoms with Gasteiger partial charge < -0.3 is 20.1 Å². The van der Waals surface area contributed by atoms with Gasteiger partial charge in [-0.25, -0.2) is 4.57 Å². The van der Waals surface area contributed by atoms with Crippen LogP contribution in [-0.2, 0) is 27.9 Å². The van der Waals surface area contributed by atoms with E-state index in [2.05, 4.69) is 11.4 Å². The summed E-state index contributed by atoms with van der Waals surface area (Å²) < 4.78 is 31.9. The molecule has 0 aliphatic heterocycles. The van der Waals surface area contributed by atoms with E-state index in [9.17, 15) is 14.3 Å². The van der Waals surface area contributed by atoms with E-state index in [1.54, 1.807) is 0 Å². The molecule has 2 atom stereocenters. The summed E-state index contributed by atoms with van der Waals surface area (Å²) >= 11 is 0. The first-order valence-corrected chi connectivity index (χ1v) is 16.0.